The molecule has 2 aromatic heterocycles. The molecule has 0 aliphatic carbocycles. The maximum absolute atomic E-state index is 12.1. The molecule has 24 heavy (non-hydrogen) atoms. The van der Waals surface area contributed by atoms with Gasteiger partial charge in [-0.15, -0.1) is 0 Å². The van der Waals surface area contributed by atoms with E-state index < -0.39 is 12.1 Å². The Kier molecular flexibility index (Phi) is 4.51. The lowest BCUT2D eigenvalue weighted by atomic mass is 10.2. The summed E-state index contributed by atoms with van der Waals surface area (Å²) in [6.45, 7) is 3.37. The van der Waals surface area contributed by atoms with Crippen LogP contribution in [0.1, 0.15) is 35.1 Å². The standard InChI is InChI=1S/C17H15N3O4/c1-11(16-19-12(2)20-24-16)22-17(21)13-5-7-14(8-6-13)23-15-4-3-9-18-10-15/h3-11H,1-2H3/t11-/m1/s1. The molecule has 0 fully saturated rings. The fourth-order valence-electron chi connectivity index (χ4n) is 1.96. The van der Waals surface area contributed by atoms with Gasteiger partial charge in [-0.1, -0.05) is 5.16 Å². The average Bonchev–Trinajstić information content (AvgIpc) is 3.03. The number of carbonyl (C=O) groups is 1. The normalized spacial score (nSPS) is 11.8. The zero-order valence-corrected chi connectivity index (χ0v) is 13.2. The maximum Gasteiger partial charge on any atom is 0.338 e. The molecule has 0 saturated carbocycles. The van der Waals surface area contributed by atoms with Gasteiger partial charge >= 0.3 is 5.97 Å². The molecule has 0 spiro atoms. The van der Waals surface area contributed by atoms with Crippen LogP contribution in [0.15, 0.2) is 53.3 Å². The molecular weight excluding hydrogens is 310 g/mol. The van der Waals surface area contributed by atoms with E-state index in [1.54, 1.807) is 62.6 Å². The number of esters is 1. The van der Waals surface area contributed by atoms with Crippen molar-refractivity contribution < 1.29 is 18.8 Å². The third kappa shape index (κ3) is 3.75. The van der Waals surface area contributed by atoms with Crippen LogP contribution in [0.2, 0.25) is 0 Å². The fourth-order valence-corrected chi connectivity index (χ4v) is 1.96. The molecule has 0 aliphatic heterocycles. The Balaban J connectivity index is 1.63. The number of carbonyl (C=O) groups excluding carboxylic acids is 1. The summed E-state index contributed by atoms with van der Waals surface area (Å²) in [6, 6.07) is 10.2. The second kappa shape index (κ2) is 6.91. The highest BCUT2D eigenvalue weighted by atomic mass is 16.6. The average molecular weight is 325 g/mol. The van der Waals surface area contributed by atoms with E-state index >= 15 is 0 Å². The summed E-state index contributed by atoms with van der Waals surface area (Å²) in [6.07, 6.45) is 2.65. The van der Waals surface area contributed by atoms with Crippen molar-refractivity contribution in [1.82, 2.24) is 15.1 Å². The van der Waals surface area contributed by atoms with E-state index in [-0.39, 0.29) is 5.89 Å². The fraction of sp³-hybridized carbons (Fsp3) is 0.176. The Morgan fingerprint density at radius 1 is 1.17 bits per heavy atom. The molecule has 0 saturated heterocycles. The first-order valence-electron chi connectivity index (χ1n) is 7.31. The predicted molar refractivity (Wildman–Crippen MR) is 83.6 cm³/mol. The van der Waals surface area contributed by atoms with Crippen LogP contribution in [-0.2, 0) is 4.74 Å². The van der Waals surface area contributed by atoms with Gasteiger partial charge in [0.1, 0.15) is 11.5 Å². The van der Waals surface area contributed by atoms with Crippen molar-refractivity contribution in [3.05, 3.63) is 66.1 Å². The minimum absolute atomic E-state index is 0.261. The number of hydrogen-bond donors (Lipinski definition) is 0. The molecule has 7 heteroatoms. The number of benzene rings is 1. The van der Waals surface area contributed by atoms with Crippen molar-refractivity contribution in [2.24, 2.45) is 0 Å². The molecule has 0 bridgehead atoms. The van der Waals surface area contributed by atoms with E-state index in [0.29, 0.717) is 22.9 Å². The molecule has 0 amide bonds. The third-order valence-corrected chi connectivity index (χ3v) is 3.13. The quantitative estimate of drug-likeness (QED) is 0.663. The first-order chi connectivity index (χ1) is 11.6. The minimum atomic E-state index is -0.620. The number of ether oxygens (including phenoxy) is 2. The number of aryl methyl sites for hydroxylation is 1. The Morgan fingerprint density at radius 2 is 1.96 bits per heavy atom. The largest absolute Gasteiger partial charge is 0.456 e. The molecule has 1 atom stereocenters. The van der Waals surface area contributed by atoms with Gasteiger partial charge in [-0.05, 0) is 50.2 Å². The summed E-state index contributed by atoms with van der Waals surface area (Å²) >= 11 is 0. The van der Waals surface area contributed by atoms with Crippen molar-refractivity contribution in [2.45, 2.75) is 20.0 Å². The predicted octanol–water partition coefficient (Wildman–Crippen LogP) is 3.48. The summed E-state index contributed by atoms with van der Waals surface area (Å²) in [7, 11) is 0. The Hall–Kier alpha value is -3.22. The molecular formula is C17H15N3O4. The Labute approximate surface area is 138 Å². The van der Waals surface area contributed by atoms with Gasteiger partial charge in [0.2, 0.25) is 0 Å². The first-order valence-corrected chi connectivity index (χ1v) is 7.31. The van der Waals surface area contributed by atoms with Crippen LogP contribution in [0.3, 0.4) is 0 Å². The number of hydrogen-bond acceptors (Lipinski definition) is 7. The SMILES string of the molecule is Cc1noc([C@@H](C)OC(=O)c2ccc(Oc3cccnc3)cc2)n1. The Morgan fingerprint density at radius 3 is 2.58 bits per heavy atom. The highest BCUT2D eigenvalue weighted by Gasteiger charge is 2.18. The third-order valence-electron chi connectivity index (χ3n) is 3.13. The molecule has 3 aromatic rings. The summed E-state index contributed by atoms with van der Waals surface area (Å²) in [5, 5.41) is 3.67. The summed E-state index contributed by atoms with van der Waals surface area (Å²) < 4.78 is 15.9. The summed E-state index contributed by atoms with van der Waals surface area (Å²) in [4.78, 5) is 20.2. The molecule has 3 rings (SSSR count). The summed E-state index contributed by atoms with van der Waals surface area (Å²) in [5.41, 5.74) is 0.400. The van der Waals surface area contributed by atoms with E-state index in [4.69, 9.17) is 14.0 Å². The van der Waals surface area contributed by atoms with Crippen LogP contribution in [0, 0.1) is 6.92 Å². The van der Waals surface area contributed by atoms with Gasteiger partial charge in [-0.3, -0.25) is 4.98 Å². The van der Waals surface area contributed by atoms with Gasteiger partial charge in [0, 0.05) is 6.20 Å². The zero-order valence-electron chi connectivity index (χ0n) is 13.2. The van der Waals surface area contributed by atoms with Crippen LogP contribution in [-0.4, -0.2) is 21.1 Å². The molecule has 122 valence electrons. The molecule has 0 radical (unpaired) electrons. The maximum atomic E-state index is 12.1. The number of nitrogens with zero attached hydrogens (tertiary/aromatic N) is 3. The van der Waals surface area contributed by atoms with Gasteiger partial charge in [0.05, 0.1) is 11.8 Å². The van der Waals surface area contributed by atoms with Gasteiger partial charge in [-0.2, -0.15) is 4.98 Å². The lowest BCUT2D eigenvalue weighted by molar-refractivity contribution is 0.0265. The Bertz CT molecular complexity index is 815. The highest BCUT2D eigenvalue weighted by Crippen LogP contribution is 2.22. The summed E-state index contributed by atoms with van der Waals surface area (Å²) in [5.74, 6) is 1.49. The lowest BCUT2D eigenvalue weighted by Crippen LogP contribution is -2.09. The number of aromatic nitrogens is 3. The van der Waals surface area contributed by atoms with Crippen LogP contribution in [0.4, 0.5) is 0 Å². The van der Waals surface area contributed by atoms with Gasteiger partial charge in [0.25, 0.3) is 5.89 Å². The first kappa shape index (κ1) is 15.7. The van der Waals surface area contributed by atoms with Gasteiger partial charge < -0.3 is 14.0 Å². The number of pyridine rings is 1. The topological polar surface area (TPSA) is 87.3 Å². The minimum Gasteiger partial charge on any atom is -0.456 e. The monoisotopic (exact) mass is 325 g/mol. The highest BCUT2D eigenvalue weighted by molar-refractivity contribution is 5.89. The van der Waals surface area contributed by atoms with E-state index in [9.17, 15) is 4.79 Å². The van der Waals surface area contributed by atoms with Crippen LogP contribution in [0.5, 0.6) is 11.5 Å². The van der Waals surface area contributed by atoms with Crippen molar-refractivity contribution in [3.8, 4) is 11.5 Å². The van der Waals surface area contributed by atoms with Crippen molar-refractivity contribution >= 4 is 5.97 Å². The second-order valence-corrected chi connectivity index (χ2v) is 5.04. The van der Waals surface area contributed by atoms with Crippen LogP contribution >= 0.6 is 0 Å². The van der Waals surface area contributed by atoms with Crippen molar-refractivity contribution in [2.75, 3.05) is 0 Å². The molecule has 1 aromatic carbocycles. The van der Waals surface area contributed by atoms with Crippen LogP contribution in [0.25, 0.3) is 0 Å². The zero-order chi connectivity index (χ0) is 16.9. The molecule has 7 nitrogen and oxygen atoms in total. The van der Waals surface area contributed by atoms with Crippen molar-refractivity contribution in [3.63, 3.8) is 0 Å². The second-order valence-electron chi connectivity index (χ2n) is 5.04. The smallest absolute Gasteiger partial charge is 0.338 e. The van der Waals surface area contributed by atoms with Crippen molar-refractivity contribution in [1.29, 1.82) is 0 Å². The molecule has 0 aliphatic rings. The van der Waals surface area contributed by atoms with E-state index in [0.717, 1.165) is 0 Å². The molecule has 0 unspecified atom stereocenters. The van der Waals surface area contributed by atoms with E-state index in [1.165, 1.54) is 0 Å². The molecule has 2 heterocycles. The number of rotatable bonds is 5. The van der Waals surface area contributed by atoms with E-state index in [2.05, 4.69) is 15.1 Å². The van der Waals surface area contributed by atoms with Gasteiger partial charge in [0.15, 0.2) is 11.9 Å². The van der Waals surface area contributed by atoms with Crippen LogP contribution < -0.4 is 4.74 Å². The lowest BCUT2D eigenvalue weighted by Gasteiger charge is -2.10. The van der Waals surface area contributed by atoms with Gasteiger partial charge in [-0.25, -0.2) is 4.79 Å². The van der Waals surface area contributed by atoms with E-state index in [1.807, 2.05) is 0 Å². The molecule has 0 N–H and O–H groups in total.